The Morgan fingerprint density at radius 2 is 1.70 bits per heavy atom. The molecule has 0 atom stereocenters. The zero-order valence-electron chi connectivity index (χ0n) is 16.4. The smallest absolute Gasteiger partial charge is 0.316 e. The van der Waals surface area contributed by atoms with Crippen LogP contribution in [0.4, 0.5) is 5.69 Å². The molecule has 0 saturated heterocycles. The van der Waals surface area contributed by atoms with Gasteiger partial charge in [-0.3, -0.25) is 9.59 Å². The van der Waals surface area contributed by atoms with E-state index in [0.717, 1.165) is 45.7 Å². The van der Waals surface area contributed by atoms with E-state index >= 15 is 0 Å². The van der Waals surface area contributed by atoms with Crippen LogP contribution in [0.25, 0.3) is 0 Å². The molecule has 4 nitrogen and oxygen atoms in total. The van der Waals surface area contributed by atoms with Crippen molar-refractivity contribution in [1.82, 2.24) is 0 Å². The summed E-state index contributed by atoms with van der Waals surface area (Å²) in [5.74, 6) is -0.519. The first-order valence-electron chi connectivity index (χ1n) is 9.20. The van der Waals surface area contributed by atoms with Gasteiger partial charge in [0, 0.05) is 10.6 Å². The summed E-state index contributed by atoms with van der Waals surface area (Å²) in [5, 5.41) is 2.90. The van der Waals surface area contributed by atoms with Gasteiger partial charge in [0.1, 0.15) is 0 Å². The van der Waals surface area contributed by atoms with Crippen LogP contribution < -0.4 is 5.32 Å². The molecule has 0 bridgehead atoms. The highest BCUT2D eigenvalue weighted by Crippen LogP contribution is 2.24. The van der Waals surface area contributed by atoms with E-state index in [0.29, 0.717) is 0 Å². The Balaban J connectivity index is 1.87. The lowest BCUT2D eigenvalue weighted by molar-refractivity contribution is -0.144. The number of benzene rings is 2. The standard InChI is InChI=1S/C22H27NO3S/c1-5-17-8-7-9-18(6-2)22(17)23-20(24)13-26-21(25)14-27-19-12-15(3)10-11-16(19)4/h7-12H,5-6,13-14H2,1-4H3,(H,23,24). The number of ether oxygens (including phenoxy) is 1. The average Bonchev–Trinajstić information content (AvgIpc) is 2.67. The lowest BCUT2D eigenvalue weighted by Crippen LogP contribution is -2.23. The zero-order chi connectivity index (χ0) is 19.8. The van der Waals surface area contributed by atoms with Crippen LogP contribution in [0.2, 0.25) is 0 Å². The molecule has 0 aliphatic carbocycles. The van der Waals surface area contributed by atoms with Crippen molar-refractivity contribution in [2.24, 2.45) is 0 Å². The number of para-hydroxylation sites is 1. The van der Waals surface area contributed by atoms with Crippen molar-refractivity contribution in [2.45, 2.75) is 45.4 Å². The topological polar surface area (TPSA) is 55.4 Å². The molecule has 0 fully saturated rings. The molecule has 2 aromatic rings. The van der Waals surface area contributed by atoms with Gasteiger partial charge in [0.15, 0.2) is 6.61 Å². The highest BCUT2D eigenvalue weighted by Gasteiger charge is 2.13. The first kappa shape index (κ1) is 21.0. The lowest BCUT2D eigenvalue weighted by atomic mass is 10.0. The molecule has 2 rings (SSSR count). The Kier molecular flexibility index (Phi) is 7.92. The fourth-order valence-corrected chi connectivity index (χ4v) is 3.69. The monoisotopic (exact) mass is 385 g/mol. The van der Waals surface area contributed by atoms with E-state index in [1.807, 2.05) is 50.2 Å². The third-order valence-corrected chi connectivity index (χ3v) is 5.45. The maximum atomic E-state index is 12.2. The van der Waals surface area contributed by atoms with Crippen LogP contribution in [0.15, 0.2) is 41.3 Å². The number of hydrogen-bond donors (Lipinski definition) is 1. The lowest BCUT2D eigenvalue weighted by Gasteiger charge is -2.14. The number of amides is 1. The molecule has 144 valence electrons. The van der Waals surface area contributed by atoms with E-state index in [1.54, 1.807) is 0 Å². The van der Waals surface area contributed by atoms with E-state index in [1.165, 1.54) is 11.8 Å². The number of thioether (sulfide) groups is 1. The first-order valence-corrected chi connectivity index (χ1v) is 10.2. The van der Waals surface area contributed by atoms with Crippen LogP contribution in [-0.4, -0.2) is 24.2 Å². The summed E-state index contributed by atoms with van der Waals surface area (Å²) in [6.07, 6.45) is 1.66. The van der Waals surface area contributed by atoms with E-state index < -0.39 is 5.97 Å². The van der Waals surface area contributed by atoms with E-state index in [9.17, 15) is 9.59 Å². The van der Waals surface area contributed by atoms with Crippen molar-refractivity contribution in [3.05, 3.63) is 58.7 Å². The van der Waals surface area contributed by atoms with Gasteiger partial charge in [-0.15, -0.1) is 11.8 Å². The van der Waals surface area contributed by atoms with Gasteiger partial charge >= 0.3 is 5.97 Å². The number of hydrogen-bond acceptors (Lipinski definition) is 4. The highest BCUT2D eigenvalue weighted by molar-refractivity contribution is 8.00. The van der Waals surface area contributed by atoms with Crippen molar-refractivity contribution >= 4 is 29.3 Å². The zero-order valence-corrected chi connectivity index (χ0v) is 17.2. The van der Waals surface area contributed by atoms with Crippen molar-refractivity contribution in [3.8, 4) is 0 Å². The van der Waals surface area contributed by atoms with Gasteiger partial charge in [0.25, 0.3) is 5.91 Å². The van der Waals surface area contributed by atoms with Gasteiger partial charge < -0.3 is 10.1 Å². The second-order valence-corrected chi connectivity index (χ2v) is 7.44. The molecule has 0 spiro atoms. The maximum Gasteiger partial charge on any atom is 0.316 e. The molecule has 1 N–H and O–H groups in total. The molecular formula is C22H27NO3S. The van der Waals surface area contributed by atoms with Gasteiger partial charge in [-0.05, 0) is 49.4 Å². The highest BCUT2D eigenvalue weighted by atomic mass is 32.2. The van der Waals surface area contributed by atoms with Crippen molar-refractivity contribution in [3.63, 3.8) is 0 Å². The van der Waals surface area contributed by atoms with Crippen LogP contribution in [-0.2, 0) is 27.2 Å². The van der Waals surface area contributed by atoms with Crippen LogP contribution in [0.5, 0.6) is 0 Å². The number of esters is 1. The molecule has 1 amide bonds. The van der Waals surface area contributed by atoms with Gasteiger partial charge in [-0.1, -0.05) is 49.7 Å². The van der Waals surface area contributed by atoms with Gasteiger partial charge in [0.2, 0.25) is 0 Å². The van der Waals surface area contributed by atoms with Crippen LogP contribution in [0, 0.1) is 13.8 Å². The molecule has 0 aliphatic heterocycles. The predicted octanol–water partition coefficient (Wildman–Crippen LogP) is 4.70. The summed E-state index contributed by atoms with van der Waals surface area (Å²) in [5.41, 5.74) is 5.28. The van der Waals surface area contributed by atoms with Crippen LogP contribution in [0.1, 0.15) is 36.1 Å². The molecule has 0 radical (unpaired) electrons. The second kappa shape index (κ2) is 10.2. The Bertz CT molecular complexity index is 795. The predicted molar refractivity (Wildman–Crippen MR) is 111 cm³/mol. The Morgan fingerprint density at radius 1 is 1.04 bits per heavy atom. The molecule has 0 aliphatic rings. The summed E-state index contributed by atoms with van der Waals surface area (Å²) in [7, 11) is 0. The third-order valence-electron chi connectivity index (χ3n) is 4.32. The Labute approximate surface area is 165 Å². The minimum Gasteiger partial charge on any atom is -0.455 e. The number of aryl methyl sites for hydroxylation is 4. The molecule has 27 heavy (non-hydrogen) atoms. The van der Waals surface area contributed by atoms with Gasteiger partial charge in [0.05, 0.1) is 5.75 Å². The van der Waals surface area contributed by atoms with E-state index in [2.05, 4.69) is 19.2 Å². The summed E-state index contributed by atoms with van der Waals surface area (Å²) >= 11 is 1.43. The minimum atomic E-state index is -0.393. The molecular weight excluding hydrogens is 358 g/mol. The van der Waals surface area contributed by atoms with Crippen LogP contribution >= 0.6 is 11.8 Å². The van der Waals surface area contributed by atoms with Crippen molar-refractivity contribution in [2.75, 3.05) is 17.7 Å². The van der Waals surface area contributed by atoms with E-state index in [-0.39, 0.29) is 18.3 Å². The number of rotatable bonds is 8. The van der Waals surface area contributed by atoms with Gasteiger partial charge in [-0.25, -0.2) is 0 Å². The molecule has 5 heteroatoms. The Hall–Kier alpha value is -2.27. The number of nitrogens with one attached hydrogen (secondary N) is 1. The second-order valence-electron chi connectivity index (χ2n) is 6.42. The van der Waals surface area contributed by atoms with Crippen LogP contribution in [0.3, 0.4) is 0 Å². The molecule has 0 aromatic heterocycles. The Morgan fingerprint density at radius 3 is 2.33 bits per heavy atom. The minimum absolute atomic E-state index is 0.184. The summed E-state index contributed by atoms with van der Waals surface area (Å²) in [4.78, 5) is 25.3. The third kappa shape index (κ3) is 6.14. The molecule has 2 aromatic carbocycles. The maximum absolute atomic E-state index is 12.2. The van der Waals surface area contributed by atoms with Gasteiger partial charge in [-0.2, -0.15) is 0 Å². The SMILES string of the molecule is CCc1cccc(CC)c1NC(=O)COC(=O)CSc1cc(C)ccc1C. The normalized spacial score (nSPS) is 10.5. The number of anilines is 1. The fourth-order valence-electron chi connectivity index (χ4n) is 2.77. The summed E-state index contributed by atoms with van der Waals surface area (Å²) in [6, 6.07) is 12.1. The molecule has 0 saturated carbocycles. The van der Waals surface area contributed by atoms with Crippen molar-refractivity contribution in [1.29, 1.82) is 0 Å². The fraction of sp³-hybridized carbons (Fsp3) is 0.364. The van der Waals surface area contributed by atoms with Crippen molar-refractivity contribution < 1.29 is 14.3 Å². The number of carbonyl (C=O) groups is 2. The largest absolute Gasteiger partial charge is 0.455 e. The molecule has 0 unspecified atom stereocenters. The summed E-state index contributed by atoms with van der Waals surface area (Å²) in [6.45, 7) is 7.86. The first-order chi connectivity index (χ1) is 12.9. The quantitative estimate of drug-likeness (QED) is 0.528. The number of carbonyl (C=O) groups excluding carboxylic acids is 2. The summed E-state index contributed by atoms with van der Waals surface area (Å²) < 4.78 is 5.14. The van der Waals surface area contributed by atoms with E-state index in [4.69, 9.17) is 4.74 Å². The molecule has 0 heterocycles. The average molecular weight is 386 g/mol.